The first-order chi connectivity index (χ1) is 7.19. The van der Waals surface area contributed by atoms with Crippen LogP contribution in [0.15, 0.2) is 24.3 Å². The van der Waals surface area contributed by atoms with E-state index in [1.807, 2.05) is 12.1 Å². The summed E-state index contributed by atoms with van der Waals surface area (Å²) in [6.45, 7) is 0.360. The van der Waals surface area contributed by atoms with E-state index in [1.54, 1.807) is 19.2 Å². The molecule has 0 spiro atoms. The maximum Gasteiger partial charge on any atom is 0.106 e. The van der Waals surface area contributed by atoms with Crippen molar-refractivity contribution < 1.29 is 10.2 Å². The zero-order chi connectivity index (χ0) is 11.3. The average molecular weight is 230 g/mol. The van der Waals surface area contributed by atoms with Gasteiger partial charge in [0, 0.05) is 12.4 Å². The van der Waals surface area contributed by atoms with Crippen molar-refractivity contribution in [3.8, 4) is 0 Å². The van der Waals surface area contributed by atoms with Crippen LogP contribution in [0.2, 0.25) is 0 Å². The predicted molar refractivity (Wildman–Crippen MR) is 60.9 cm³/mol. The number of benzene rings is 1. The van der Waals surface area contributed by atoms with Gasteiger partial charge in [-0.05, 0) is 18.2 Å². The summed E-state index contributed by atoms with van der Waals surface area (Å²) in [6.07, 6.45) is -1.65. The third-order valence-corrected chi connectivity index (χ3v) is 2.56. The molecule has 0 aliphatic rings. The van der Waals surface area contributed by atoms with Crippen LogP contribution in [0.5, 0.6) is 0 Å². The van der Waals surface area contributed by atoms with Crippen molar-refractivity contribution in [1.29, 1.82) is 0 Å². The molecular formula is C11H16ClNO2. The number of hydrogen-bond acceptors (Lipinski definition) is 3. The molecule has 1 aromatic rings. The first kappa shape index (κ1) is 12.5. The lowest BCUT2D eigenvalue weighted by Crippen LogP contribution is -2.29. The maximum atomic E-state index is 9.76. The molecule has 0 saturated carbocycles. The van der Waals surface area contributed by atoms with Crippen LogP contribution in [0.4, 0.5) is 0 Å². The van der Waals surface area contributed by atoms with E-state index in [-0.39, 0.29) is 0 Å². The average Bonchev–Trinajstić information content (AvgIpc) is 2.28. The first-order valence-electron chi connectivity index (χ1n) is 4.84. The summed E-state index contributed by atoms with van der Waals surface area (Å²) >= 11 is 5.65. The van der Waals surface area contributed by atoms with Crippen molar-refractivity contribution in [2.45, 2.75) is 18.1 Å². The molecule has 3 N–H and O–H groups in total. The molecule has 0 saturated heterocycles. The van der Waals surface area contributed by atoms with E-state index < -0.39 is 12.2 Å². The van der Waals surface area contributed by atoms with Crippen LogP contribution in [0.3, 0.4) is 0 Å². The summed E-state index contributed by atoms with van der Waals surface area (Å²) in [5.74, 6) is 0.454. The van der Waals surface area contributed by atoms with Gasteiger partial charge >= 0.3 is 0 Å². The highest BCUT2D eigenvalue weighted by atomic mass is 35.5. The van der Waals surface area contributed by atoms with Gasteiger partial charge in [0.05, 0.1) is 6.10 Å². The zero-order valence-electron chi connectivity index (χ0n) is 8.65. The second kappa shape index (κ2) is 6.08. The largest absolute Gasteiger partial charge is 0.389 e. The molecule has 0 aliphatic heterocycles. The molecule has 0 bridgehead atoms. The standard InChI is InChI=1S/C11H16ClNO2/c1-13-7-10(14)11(15)9-4-2-8(6-12)3-5-9/h2-5,10-11,13-15H,6-7H2,1H3. The van der Waals surface area contributed by atoms with Crippen molar-refractivity contribution in [2.75, 3.05) is 13.6 Å². The fourth-order valence-corrected chi connectivity index (χ4v) is 1.52. The summed E-state index contributed by atoms with van der Waals surface area (Å²) < 4.78 is 0. The van der Waals surface area contributed by atoms with Gasteiger partial charge in [-0.3, -0.25) is 0 Å². The smallest absolute Gasteiger partial charge is 0.106 e. The van der Waals surface area contributed by atoms with Crippen LogP contribution < -0.4 is 5.32 Å². The first-order valence-corrected chi connectivity index (χ1v) is 5.38. The van der Waals surface area contributed by atoms with Crippen molar-refractivity contribution in [3.05, 3.63) is 35.4 Å². The summed E-state index contributed by atoms with van der Waals surface area (Å²) in [4.78, 5) is 0. The van der Waals surface area contributed by atoms with Crippen LogP contribution in [-0.4, -0.2) is 29.9 Å². The third kappa shape index (κ3) is 3.47. The highest BCUT2D eigenvalue weighted by molar-refractivity contribution is 6.17. The fraction of sp³-hybridized carbons (Fsp3) is 0.455. The van der Waals surface area contributed by atoms with Crippen LogP contribution in [0.25, 0.3) is 0 Å². The minimum Gasteiger partial charge on any atom is -0.389 e. The van der Waals surface area contributed by atoms with E-state index in [4.69, 9.17) is 11.6 Å². The Hall–Kier alpha value is -0.610. The van der Waals surface area contributed by atoms with Crippen molar-refractivity contribution in [2.24, 2.45) is 0 Å². The Morgan fingerprint density at radius 2 is 1.87 bits per heavy atom. The summed E-state index contributed by atoms with van der Waals surface area (Å²) in [5.41, 5.74) is 1.70. The molecule has 0 radical (unpaired) electrons. The molecule has 4 heteroatoms. The Balaban J connectivity index is 2.69. The number of aliphatic hydroxyl groups excluding tert-OH is 2. The van der Waals surface area contributed by atoms with Crippen LogP contribution in [0.1, 0.15) is 17.2 Å². The molecule has 0 heterocycles. The molecular weight excluding hydrogens is 214 g/mol. The molecule has 1 rings (SSSR count). The molecule has 0 aromatic heterocycles. The maximum absolute atomic E-state index is 9.76. The Labute approximate surface area is 94.7 Å². The van der Waals surface area contributed by atoms with Gasteiger partial charge < -0.3 is 15.5 Å². The molecule has 0 aliphatic carbocycles. The zero-order valence-corrected chi connectivity index (χ0v) is 9.41. The Morgan fingerprint density at radius 1 is 1.27 bits per heavy atom. The van der Waals surface area contributed by atoms with Crippen LogP contribution in [-0.2, 0) is 5.88 Å². The highest BCUT2D eigenvalue weighted by Gasteiger charge is 2.16. The van der Waals surface area contributed by atoms with E-state index in [2.05, 4.69) is 5.32 Å². The van der Waals surface area contributed by atoms with Gasteiger partial charge in [-0.25, -0.2) is 0 Å². The molecule has 0 fully saturated rings. The van der Waals surface area contributed by atoms with Crippen LogP contribution in [0, 0.1) is 0 Å². The van der Waals surface area contributed by atoms with Crippen molar-refractivity contribution in [3.63, 3.8) is 0 Å². The van der Waals surface area contributed by atoms with Crippen molar-refractivity contribution >= 4 is 11.6 Å². The molecule has 3 nitrogen and oxygen atoms in total. The Kier molecular flexibility index (Phi) is 5.05. The predicted octanol–water partition coefficient (Wildman–Crippen LogP) is 1.04. The van der Waals surface area contributed by atoms with Gasteiger partial charge in [-0.2, -0.15) is 0 Å². The van der Waals surface area contributed by atoms with Gasteiger partial charge in [-0.15, -0.1) is 11.6 Å². The van der Waals surface area contributed by atoms with E-state index >= 15 is 0 Å². The van der Waals surface area contributed by atoms with Gasteiger partial charge in [0.1, 0.15) is 6.10 Å². The topological polar surface area (TPSA) is 52.5 Å². The molecule has 0 amide bonds. The van der Waals surface area contributed by atoms with Gasteiger partial charge in [0.2, 0.25) is 0 Å². The fourth-order valence-electron chi connectivity index (χ4n) is 1.35. The van der Waals surface area contributed by atoms with E-state index in [9.17, 15) is 10.2 Å². The second-order valence-electron chi connectivity index (χ2n) is 3.45. The number of halogens is 1. The number of hydrogen-bond donors (Lipinski definition) is 3. The van der Waals surface area contributed by atoms with Gasteiger partial charge in [-0.1, -0.05) is 24.3 Å². The highest BCUT2D eigenvalue weighted by Crippen LogP contribution is 2.17. The SMILES string of the molecule is CNCC(O)C(O)c1ccc(CCl)cc1. The lowest BCUT2D eigenvalue weighted by molar-refractivity contribution is 0.0202. The molecule has 84 valence electrons. The molecule has 2 unspecified atom stereocenters. The monoisotopic (exact) mass is 229 g/mol. The van der Waals surface area contributed by atoms with E-state index in [1.165, 1.54) is 0 Å². The van der Waals surface area contributed by atoms with Gasteiger partial charge in [0.15, 0.2) is 0 Å². The summed E-state index contributed by atoms with van der Waals surface area (Å²) in [5, 5.41) is 22.1. The molecule has 1 aromatic carbocycles. The Bertz CT molecular complexity index is 289. The minimum atomic E-state index is -0.859. The quantitative estimate of drug-likeness (QED) is 0.662. The molecule has 15 heavy (non-hydrogen) atoms. The second-order valence-corrected chi connectivity index (χ2v) is 3.71. The van der Waals surface area contributed by atoms with E-state index in [0.29, 0.717) is 18.0 Å². The summed E-state index contributed by atoms with van der Waals surface area (Å²) in [7, 11) is 1.73. The number of alkyl halides is 1. The Morgan fingerprint density at radius 3 is 2.33 bits per heavy atom. The third-order valence-electron chi connectivity index (χ3n) is 2.25. The molecule has 2 atom stereocenters. The van der Waals surface area contributed by atoms with Gasteiger partial charge in [0.25, 0.3) is 0 Å². The lowest BCUT2D eigenvalue weighted by Gasteiger charge is -2.17. The van der Waals surface area contributed by atoms with Crippen LogP contribution >= 0.6 is 11.6 Å². The van der Waals surface area contributed by atoms with E-state index in [0.717, 1.165) is 5.56 Å². The normalized spacial score (nSPS) is 14.9. The number of nitrogens with one attached hydrogen (secondary N) is 1. The number of aliphatic hydroxyl groups is 2. The lowest BCUT2D eigenvalue weighted by atomic mass is 10.0. The van der Waals surface area contributed by atoms with Crippen molar-refractivity contribution in [1.82, 2.24) is 5.32 Å². The summed E-state index contributed by atoms with van der Waals surface area (Å²) in [6, 6.07) is 7.25. The number of rotatable bonds is 5. The minimum absolute atomic E-state index is 0.360. The number of likely N-dealkylation sites (N-methyl/N-ethyl adjacent to an activating group) is 1.